The van der Waals surface area contributed by atoms with Crippen molar-refractivity contribution in [3.63, 3.8) is 0 Å². The van der Waals surface area contributed by atoms with E-state index in [-0.39, 0.29) is 6.10 Å². The van der Waals surface area contributed by atoms with Crippen LogP contribution >= 0.6 is 0 Å². The number of aryl methyl sites for hydroxylation is 1. The van der Waals surface area contributed by atoms with Crippen LogP contribution in [0.3, 0.4) is 0 Å². The van der Waals surface area contributed by atoms with Crippen LogP contribution < -0.4 is 0 Å². The molecule has 0 saturated carbocycles. The molecule has 0 amide bonds. The van der Waals surface area contributed by atoms with E-state index in [1.165, 1.54) is 0 Å². The molecule has 1 unspecified atom stereocenters. The Kier molecular flexibility index (Phi) is 2.59. The average Bonchev–Trinajstić information content (AvgIpc) is 2.35. The van der Waals surface area contributed by atoms with Gasteiger partial charge in [-0.2, -0.15) is 4.98 Å². The Morgan fingerprint density at radius 1 is 1.64 bits per heavy atom. The summed E-state index contributed by atoms with van der Waals surface area (Å²) in [5.74, 6) is 1.13. The van der Waals surface area contributed by atoms with Gasteiger partial charge in [-0.15, -0.1) is 0 Å². The smallest absolute Gasteiger partial charge is 0.229 e. The van der Waals surface area contributed by atoms with Gasteiger partial charge in [0.25, 0.3) is 0 Å². The number of rotatable bonds is 3. The average molecular weight is 156 g/mol. The molecule has 4 nitrogen and oxygen atoms in total. The minimum Gasteiger partial charge on any atom is -0.393 e. The Balaban J connectivity index is 2.50. The van der Waals surface area contributed by atoms with Crippen molar-refractivity contribution < 1.29 is 9.63 Å². The third-order valence-corrected chi connectivity index (χ3v) is 1.45. The van der Waals surface area contributed by atoms with Crippen LogP contribution in [0, 0.1) is 6.92 Å². The molecule has 1 atom stereocenters. The van der Waals surface area contributed by atoms with Gasteiger partial charge in [0.1, 0.15) is 0 Å². The van der Waals surface area contributed by atoms with E-state index in [2.05, 4.69) is 10.1 Å². The van der Waals surface area contributed by atoms with Crippen LogP contribution in [0.1, 0.15) is 25.1 Å². The zero-order chi connectivity index (χ0) is 8.27. The molecule has 0 spiro atoms. The van der Waals surface area contributed by atoms with Crippen LogP contribution in [-0.2, 0) is 6.42 Å². The first-order valence-corrected chi connectivity index (χ1v) is 3.69. The molecule has 1 N–H and O–H groups in total. The van der Waals surface area contributed by atoms with Crippen molar-refractivity contribution in [2.45, 2.75) is 32.8 Å². The van der Waals surface area contributed by atoms with Gasteiger partial charge in [0, 0.05) is 0 Å². The fourth-order valence-corrected chi connectivity index (χ4v) is 0.769. The molecular weight excluding hydrogens is 144 g/mol. The van der Waals surface area contributed by atoms with Gasteiger partial charge in [-0.3, -0.25) is 0 Å². The van der Waals surface area contributed by atoms with E-state index in [0.29, 0.717) is 24.6 Å². The summed E-state index contributed by atoms with van der Waals surface area (Å²) in [6.45, 7) is 3.67. The van der Waals surface area contributed by atoms with Gasteiger partial charge >= 0.3 is 0 Å². The van der Waals surface area contributed by atoms with Crippen LogP contribution in [0.15, 0.2) is 4.52 Å². The summed E-state index contributed by atoms with van der Waals surface area (Å²) in [6.07, 6.45) is 0.800. The molecule has 11 heavy (non-hydrogen) atoms. The Morgan fingerprint density at radius 2 is 2.36 bits per heavy atom. The van der Waals surface area contributed by atoms with Crippen molar-refractivity contribution in [3.8, 4) is 0 Å². The minimum absolute atomic E-state index is 0.366. The SMILES string of the molecule is CCC(O)Cc1nc(C)no1. The van der Waals surface area contributed by atoms with Crippen LogP contribution in [-0.4, -0.2) is 21.4 Å². The zero-order valence-corrected chi connectivity index (χ0v) is 6.74. The highest BCUT2D eigenvalue weighted by Gasteiger charge is 2.07. The second-order valence-electron chi connectivity index (χ2n) is 2.50. The fourth-order valence-electron chi connectivity index (χ4n) is 0.769. The van der Waals surface area contributed by atoms with E-state index in [1.54, 1.807) is 6.92 Å². The van der Waals surface area contributed by atoms with Crippen molar-refractivity contribution in [2.24, 2.45) is 0 Å². The summed E-state index contributed by atoms with van der Waals surface area (Å²) >= 11 is 0. The van der Waals surface area contributed by atoms with Gasteiger partial charge in [-0.05, 0) is 13.3 Å². The van der Waals surface area contributed by atoms with Gasteiger partial charge in [0.2, 0.25) is 5.89 Å². The standard InChI is InChI=1S/C7H12N2O2/c1-3-6(10)4-7-8-5(2)9-11-7/h6,10H,3-4H2,1-2H3. The largest absolute Gasteiger partial charge is 0.393 e. The molecule has 0 radical (unpaired) electrons. The van der Waals surface area contributed by atoms with E-state index in [4.69, 9.17) is 4.52 Å². The Hall–Kier alpha value is -0.900. The molecule has 0 aliphatic rings. The van der Waals surface area contributed by atoms with Gasteiger partial charge in [-0.25, -0.2) is 0 Å². The first kappa shape index (κ1) is 8.20. The summed E-state index contributed by atoms with van der Waals surface area (Å²) in [7, 11) is 0. The predicted octanol–water partition coefficient (Wildman–Crippen LogP) is 0.691. The zero-order valence-electron chi connectivity index (χ0n) is 6.74. The molecule has 1 aromatic heterocycles. The maximum absolute atomic E-state index is 9.19. The predicted molar refractivity (Wildman–Crippen MR) is 39.0 cm³/mol. The number of nitrogens with zero attached hydrogens (tertiary/aromatic N) is 2. The quantitative estimate of drug-likeness (QED) is 0.699. The van der Waals surface area contributed by atoms with E-state index >= 15 is 0 Å². The second kappa shape index (κ2) is 3.48. The highest BCUT2D eigenvalue weighted by atomic mass is 16.5. The van der Waals surface area contributed by atoms with Gasteiger partial charge in [0.15, 0.2) is 5.82 Å². The second-order valence-corrected chi connectivity index (χ2v) is 2.50. The highest BCUT2D eigenvalue weighted by Crippen LogP contribution is 2.02. The Bertz CT molecular complexity index is 222. The molecule has 0 aromatic carbocycles. The van der Waals surface area contributed by atoms with Gasteiger partial charge in [0.05, 0.1) is 12.5 Å². The van der Waals surface area contributed by atoms with Crippen LogP contribution in [0.4, 0.5) is 0 Å². The highest BCUT2D eigenvalue weighted by molar-refractivity contribution is 4.84. The number of aromatic nitrogens is 2. The van der Waals surface area contributed by atoms with Crippen molar-refractivity contribution in [1.29, 1.82) is 0 Å². The lowest BCUT2D eigenvalue weighted by Gasteiger charge is -2.00. The first-order valence-electron chi connectivity index (χ1n) is 3.69. The molecular formula is C7H12N2O2. The number of hydrogen-bond acceptors (Lipinski definition) is 4. The third kappa shape index (κ3) is 2.31. The maximum atomic E-state index is 9.19. The lowest BCUT2D eigenvalue weighted by atomic mass is 10.2. The van der Waals surface area contributed by atoms with E-state index < -0.39 is 0 Å². The van der Waals surface area contributed by atoms with Crippen molar-refractivity contribution in [1.82, 2.24) is 10.1 Å². The molecule has 1 heterocycles. The van der Waals surface area contributed by atoms with E-state index in [1.807, 2.05) is 6.92 Å². The molecule has 4 heteroatoms. The van der Waals surface area contributed by atoms with Crippen molar-refractivity contribution >= 4 is 0 Å². The van der Waals surface area contributed by atoms with Gasteiger partial charge in [-0.1, -0.05) is 12.1 Å². The van der Waals surface area contributed by atoms with Crippen LogP contribution in [0.2, 0.25) is 0 Å². The minimum atomic E-state index is -0.366. The van der Waals surface area contributed by atoms with E-state index in [9.17, 15) is 5.11 Å². The molecule has 62 valence electrons. The third-order valence-electron chi connectivity index (χ3n) is 1.45. The molecule has 1 aromatic rings. The van der Waals surface area contributed by atoms with Gasteiger partial charge < -0.3 is 9.63 Å². The fraction of sp³-hybridized carbons (Fsp3) is 0.714. The van der Waals surface area contributed by atoms with Crippen molar-refractivity contribution in [2.75, 3.05) is 0 Å². The number of aliphatic hydroxyl groups excluding tert-OH is 1. The molecule has 0 aliphatic carbocycles. The molecule has 0 bridgehead atoms. The normalized spacial score (nSPS) is 13.4. The van der Waals surface area contributed by atoms with Crippen molar-refractivity contribution in [3.05, 3.63) is 11.7 Å². The molecule has 0 aliphatic heterocycles. The number of aliphatic hydroxyl groups is 1. The summed E-state index contributed by atoms with van der Waals surface area (Å²) in [5.41, 5.74) is 0. The molecule has 0 fully saturated rings. The maximum Gasteiger partial charge on any atom is 0.229 e. The summed E-state index contributed by atoms with van der Waals surface area (Å²) in [6, 6.07) is 0. The monoisotopic (exact) mass is 156 g/mol. The summed E-state index contributed by atoms with van der Waals surface area (Å²) in [4.78, 5) is 3.96. The molecule has 0 saturated heterocycles. The lowest BCUT2D eigenvalue weighted by molar-refractivity contribution is 0.158. The Morgan fingerprint density at radius 3 is 2.82 bits per heavy atom. The first-order chi connectivity index (χ1) is 5.22. The van der Waals surface area contributed by atoms with Crippen LogP contribution in [0.5, 0.6) is 0 Å². The Labute approximate surface area is 65.2 Å². The van der Waals surface area contributed by atoms with E-state index in [0.717, 1.165) is 0 Å². The lowest BCUT2D eigenvalue weighted by Crippen LogP contribution is -2.08. The number of hydrogen-bond donors (Lipinski definition) is 1. The topological polar surface area (TPSA) is 59.2 Å². The van der Waals surface area contributed by atoms with Crippen LogP contribution in [0.25, 0.3) is 0 Å². The summed E-state index contributed by atoms with van der Waals surface area (Å²) < 4.78 is 4.82. The summed E-state index contributed by atoms with van der Waals surface area (Å²) in [5, 5.41) is 12.8. The molecule has 1 rings (SSSR count).